The summed E-state index contributed by atoms with van der Waals surface area (Å²) in [6, 6.07) is 12.5. The maximum Gasteiger partial charge on any atom is 0.321 e. The molecule has 2 atom stereocenters. The SMILES string of the molecule is COc1ccc2c(Oc3ccc(S(=N)(=O)NC(C(=O)O)C4CC4)cc3)ccnc2c1. The van der Waals surface area contributed by atoms with E-state index in [1.165, 1.54) is 12.1 Å². The molecule has 1 saturated carbocycles. The van der Waals surface area contributed by atoms with Crippen LogP contribution in [0.2, 0.25) is 0 Å². The van der Waals surface area contributed by atoms with Crippen molar-refractivity contribution in [1.29, 1.82) is 4.78 Å². The normalized spacial score (nSPS) is 16.6. The van der Waals surface area contributed by atoms with E-state index in [-0.39, 0.29) is 10.8 Å². The van der Waals surface area contributed by atoms with Gasteiger partial charge in [-0.15, -0.1) is 0 Å². The van der Waals surface area contributed by atoms with Crippen LogP contribution in [0.1, 0.15) is 12.8 Å². The Hall–Kier alpha value is -3.17. The Labute approximate surface area is 174 Å². The Morgan fingerprint density at radius 1 is 1.20 bits per heavy atom. The summed E-state index contributed by atoms with van der Waals surface area (Å²) in [7, 11) is -1.86. The molecular formula is C21H21N3O5S. The van der Waals surface area contributed by atoms with Gasteiger partial charge in [0, 0.05) is 17.6 Å². The van der Waals surface area contributed by atoms with Crippen LogP contribution in [0.25, 0.3) is 10.9 Å². The van der Waals surface area contributed by atoms with E-state index < -0.39 is 21.9 Å². The lowest BCUT2D eigenvalue weighted by Gasteiger charge is -2.16. The highest BCUT2D eigenvalue weighted by molar-refractivity contribution is 7.90. The Kier molecular flexibility index (Phi) is 5.31. The van der Waals surface area contributed by atoms with Crippen LogP contribution in [-0.4, -0.2) is 33.4 Å². The lowest BCUT2D eigenvalue weighted by molar-refractivity contribution is -0.139. The molecule has 0 aliphatic heterocycles. The minimum absolute atomic E-state index is 0.0742. The molecule has 1 heterocycles. The Balaban J connectivity index is 1.54. The molecule has 0 saturated heterocycles. The number of pyridine rings is 1. The van der Waals surface area contributed by atoms with E-state index in [0.717, 1.165) is 23.7 Å². The predicted molar refractivity (Wildman–Crippen MR) is 111 cm³/mol. The first-order valence-corrected chi connectivity index (χ1v) is 10.9. The van der Waals surface area contributed by atoms with Crippen molar-refractivity contribution in [2.24, 2.45) is 5.92 Å². The molecule has 1 fully saturated rings. The summed E-state index contributed by atoms with van der Waals surface area (Å²) in [6.07, 6.45) is 3.16. The maximum absolute atomic E-state index is 12.8. The minimum Gasteiger partial charge on any atom is -0.497 e. The first-order valence-electron chi connectivity index (χ1n) is 9.37. The zero-order chi connectivity index (χ0) is 21.3. The quantitative estimate of drug-likeness (QED) is 0.503. The Bertz CT molecular complexity index is 1190. The van der Waals surface area contributed by atoms with Crippen LogP contribution in [0.5, 0.6) is 17.2 Å². The van der Waals surface area contributed by atoms with E-state index in [0.29, 0.717) is 17.2 Å². The molecule has 2 unspecified atom stereocenters. The molecule has 1 aliphatic carbocycles. The highest BCUT2D eigenvalue weighted by Crippen LogP contribution is 2.34. The fraction of sp³-hybridized carbons (Fsp3) is 0.238. The van der Waals surface area contributed by atoms with Crippen LogP contribution in [0.15, 0.2) is 59.6 Å². The highest BCUT2D eigenvalue weighted by Gasteiger charge is 2.38. The number of carboxylic acids is 1. The first kappa shape index (κ1) is 20.1. The van der Waals surface area contributed by atoms with Gasteiger partial charge in [0.1, 0.15) is 33.2 Å². The predicted octanol–water partition coefficient (Wildman–Crippen LogP) is 3.81. The zero-order valence-corrected chi connectivity index (χ0v) is 17.0. The van der Waals surface area contributed by atoms with Gasteiger partial charge in [0.05, 0.1) is 17.5 Å². The van der Waals surface area contributed by atoms with Crippen molar-refractivity contribution >= 4 is 26.8 Å². The maximum atomic E-state index is 12.8. The molecule has 1 aromatic heterocycles. The van der Waals surface area contributed by atoms with Crippen molar-refractivity contribution < 1.29 is 23.6 Å². The van der Waals surface area contributed by atoms with E-state index in [9.17, 15) is 14.1 Å². The van der Waals surface area contributed by atoms with Gasteiger partial charge < -0.3 is 14.6 Å². The van der Waals surface area contributed by atoms with Crippen LogP contribution in [0, 0.1) is 10.7 Å². The van der Waals surface area contributed by atoms with Crippen LogP contribution >= 0.6 is 0 Å². The molecule has 2 aromatic carbocycles. The van der Waals surface area contributed by atoms with Gasteiger partial charge in [0.25, 0.3) is 0 Å². The van der Waals surface area contributed by atoms with Gasteiger partial charge in [-0.25, -0.2) is 13.7 Å². The second-order valence-electron chi connectivity index (χ2n) is 7.09. The van der Waals surface area contributed by atoms with Gasteiger partial charge in [-0.3, -0.25) is 9.78 Å². The zero-order valence-electron chi connectivity index (χ0n) is 16.2. The number of nitrogens with one attached hydrogen (secondary N) is 2. The number of nitrogens with zero attached hydrogens (tertiary/aromatic N) is 1. The summed E-state index contributed by atoms with van der Waals surface area (Å²) in [6.45, 7) is 0. The van der Waals surface area contributed by atoms with Crippen LogP contribution in [0.4, 0.5) is 0 Å². The first-order chi connectivity index (χ1) is 14.4. The van der Waals surface area contributed by atoms with E-state index in [4.69, 9.17) is 14.3 Å². The average Bonchev–Trinajstić information content (AvgIpc) is 3.57. The third-order valence-corrected chi connectivity index (χ3v) is 6.47. The smallest absolute Gasteiger partial charge is 0.321 e. The highest BCUT2D eigenvalue weighted by atomic mass is 32.2. The molecule has 4 rings (SSSR count). The molecule has 9 heteroatoms. The van der Waals surface area contributed by atoms with E-state index >= 15 is 0 Å². The number of ether oxygens (including phenoxy) is 2. The van der Waals surface area contributed by atoms with Crippen molar-refractivity contribution in [3.8, 4) is 17.2 Å². The molecular weight excluding hydrogens is 406 g/mol. The van der Waals surface area contributed by atoms with Crippen molar-refractivity contribution in [2.75, 3.05) is 7.11 Å². The van der Waals surface area contributed by atoms with Crippen molar-refractivity contribution in [1.82, 2.24) is 9.71 Å². The number of carboxylic acid groups (broad SMARTS) is 1. The standard InChI is InChI=1S/C21H21N3O5S/c1-28-15-6-9-17-18(12-15)23-11-10-19(17)29-14-4-7-16(8-5-14)30(22,27)24-20(21(25)26)13-2-3-13/h4-13,20H,2-3H2,1H3,(H,25,26)(H2,22,24,27). The van der Waals surface area contributed by atoms with Gasteiger partial charge in [0.2, 0.25) is 0 Å². The third kappa shape index (κ3) is 4.22. The van der Waals surface area contributed by atoms with Crippen molar-refractivity contribution in [2.45, 2.75) is 23.8 Å². The number of rotatable bonds is 8. The molecule has 0 spiro atoms. The summed E-state index contributed by atoms with van der Waals surface area (Å²) in [4.78, 5) is 15.9. The molecule has 0 amide bonds. The number of carbonyl (C=O) groups is 1. The fourth-order valence-electron chi connectivity index (χ4n) is 3.17. The monoisotopic (exact) mass is 427 g/mol. The molecule has 3 aromatic rings. The number of benzene rings is 2. The molecule has 1 aliphatic rings. The van der Waals surface area contributed by atoms with Crippen molar-refractivity contribution in [3.05, 3.63) is 54.7 Å². The lowest BCUT2D eigenvalue weighted by atomic mass is 10.2. The lowest BCUT2D eigenvalue weighted by Crippen LogP contribution is -2.41. The molecule has 0 bridgehead atoms. The second-order valence-corrected chi connectivity index (χ2v) is 8.91. The fourth-order valence-corrected chi connectivity index (χ4v) is 4.47. The second kappa shape index (κ2) is 7.92. The summed E-state index contributed by atoms with van der Waals surface area (Å²) in [5.41, 5.74) is 0.724. The van der Waals surface area contributed by atoms with E-state index in [1.807, 2.05) is 18.2 Å². The molecule has 0 radical (unpaired) electrons. The number of methoxy groups -OCH3 is 1. The van der Waals surface area contributed by atoms with Gasteiger partial charge >= 0.3 is 5.97 Å². The third-order valence-electron chi connectivity index (χ3n) is 4.95. The minimum atomic E-state index is -3.45. The number of fused-ring (bicyclic) bond motifs is 1. The molecule has 30 heavy (non-hydrogen) atoms. The van der Waals surface area contributed by atoms with E-state index in [2.05, 4.69) is 9.71 Å². The number of hydrogen-bond donors (Lipinski definition) is 3. The van der Waals surface area contributed by atoms with Gasteiger partial charge in [-0.1, -0.05) is 0 Å². The summed E-state index contributed by atoms with van der Waals surface area (Å²) in [5.74, 6) is 0.627. The Morgan fingerprint density at radius 2 is 1.90 bits per heavy atom. The van der Waals surface area contributed by atoms with Crippen molar-refractivity contribution in [3.63, 3.8) is 0 Å². The van der Waals surface area contributed by atoms with Gasteiger partial charge in [-0.2, -0.15) is 0 Å². The van der Waals surface area contributed by atoms with Gasteiger partial charge in [0.15, 0.2) is 0 Å². The van der Waals surface area contributed by atoms with Crippen LogP contribution < -0.4 is 14.2 Å². The molecule has 156 valence electrons. The molecule has 8 nitrogen and oxygen atoms in total. The van der Waals surface area contributed by atoms with Crippen LogP contribution in [0.3, 0.4) is 0 Å². The van der Waals surface area contributed by atoms with E-state index in [1.54, 1.807) is 31.5 Å². The van der Waals surface area contributed by atoms with Gasteiger partial charge in [-0.05, 0) is 61.2 Å². The molecule has 3 N–H and O–H groups in total. The number of aliphatic carboxylic acids is 1. The summed E-state index contributed by atoms with van der Waals surface area (Å²) >= 11 is 0. The number of hydrogen-bond acceptors (Lipinski definition) is 6. The summed E-state index contributed by atoms with van der Waals surface area (Å²) in [5, 5.41) is 10.1. The largest absolute Gasteiger partial charge is 0.497 e. The average molecular weight is 427 g/mol. The summed E-state index contributed by atoms with van der Waals surface area (Å²) < 4.78 is 34.6. The number of aromatic nitrogens is 1. The van der Waals surface area contributed by atoms with Crippen LogP contribution in [-0.2, 0) is 14.7 Å². The topological polar surface area (TPSA) is 122 Å². The Morgan fingerprint density at radius 3 is 2.53 bits per heavy atom.